The van der Waals surface area contributed by atoms with Gasteiger partial charge < -0.3 is 9.84 Å². The lowest BCUT2D eigenvalue weighted by Gasteiger charge is -2.10. The highest BCUT2D eigenvalue weighted by Gasteiger charge is 2.34. The van der Waals surface area contributed by atoms with Crippen molar-refractivity contribution >= 4 is 17.0 Å². The topological polar surface area (TPSA) is 85.8 Å². The van der Waals surface area contributed by atoms with Crippen molar-refractivity contribution in [1.29, 1.82) is 0 Å². The Hall–Kier alpha value is -2.70. The van der Waals surface area contributed by atoms with Gasteiger partial charge in [-0.25, -0.2) is 4.98 Å². The first-order chi connectivity index (χ1) is 13.2. The van der Waals surface area contributed by atoms with Crippen LogP contribution < -0.4 is 5.32 Å². The number of aryl methyl sites for hydroxylation is 1. The summed E-state index contributed by atoms with van der Waals surface area (Å²) in [5.74, 6) is 0.748. The lowest BCUT2D eigenvalue weighted by molar-refractivity contribution is 0.0951. The first-order valence-corrected chi connectivity index (χ1v) is 9.83. The van der Waals surface area contributed by atoms with E-state index in [1.165, 1.54) is 0 Å². The highest BCUT2D eigenvalue weighted by molar-refractivity contribution is 6.06. The fourth-order valence-corrected chi connectivity index (χ4v) is 3.58. The van der Waals surface area contributed by atoms with Crippen molar-refractivity contribution in [2.45, 2.75) is 64.0 Å². The van der Waals surface area contributed by atoms with Crippen LogP contribution in [0.2, 0.25) is 0 Å². The van der Waals surface area contributed by atoms with E-state index in [-0.39, 0.29) is 5.91 Å². The largest absolute Gasteiger partial charge is 0.346 e. The number of amides is 1. The second kappa shape index (κ2) is 6.48. The summed E-state index contributed by atoms with van der Waals surface area (Å²) < 4.78 is 7.44. The maximum absolute atomic E-state index is 13.1. The molecule has 2 fully saturated rings. The lowest BCUT2D eigenvalue weighted by Crippen LogP contribution is -2.25. The third kappa shape index (κ3) is 3.11. The van der Waals surface area contributed by atoms with Crippen LogP contribution in [-0.2, 0) is 13.1 Å². The number of hydrogen-bond donors (Lipinski definition) is 1. The van der Waals surface area contributed by atoms with E-state index < -0.39 is 0 Å². The van der Waals surface area contributed by atoms with Gasteiger partial charge in [0.25, 0.3) is 11.6 Å². The van der Waals surface area contributed by atoms with Crippen molar-refractivity contribution in [3.8, 4) is 0 Å². The average molecular weight is 365 g/mol. The molecule has 27 heavy (non-hydrogen) atoms. The minimum Gasteiger partial charge on any atom is -0.346 e. The second-order valence-electron chi connectivity index (χ2n) is 7.62. The Morgan fingerprint density at radius 2 is 2.11 bits per heavy atom. The Kier molecular flexibility index (Phi) is 3.95. The standard InChI is InChI=1S/C20H23N5O2/c1-2-9-25-14(7-8-22-25)11-21-19(26)15-10-16(12-3-4-12)23-20-17(15)18(24-27-20)13-5-6-13/h7-8,10,12-13H,2-6,9,11H2,1H3,(H,21,26). The van der Waals surface area contributed by atoms with Crippen molar-refractivity contribution in [2.24, 2.45) is 0 Å². The minimum atomic E-state index is -0.0985. The molecule has 0 unspecified atom stereocenters. The molecule has 3 aromatic heterocycles. The summed E-state index contributed by atoms with van der Waals surface area (Å²) in [7, 11) is 0. The highest BCUT2D eigenvalue weighted by Crippen LogP contribution is 2.45. The van der Waals surface area contributed by atoms with Gasteiger partial charge in [0.05, 0.1) is 28.9 Å². The van der Waals surface area contributed by atoms with Crippen molar-refractivity contribution in [2.75, 3.05) is 0 Å². The third-order valence-electron chi connectivity index (χ3n) is 5.37. The highest BCUT2D eigenvalue weighted by atomic mass is 16.5. The van der Waals surface area contributed by atoms with Crippen LogP contribution in [0.4, 0.5) is 0 Å². The predicted octanol–water partition coefficient (Wildman–Crippen LogP) is 3.51. The van der Waals surface area contributed by atoms with Crippen LogP contribution in [0.3, 0.4) is 0 Å². The molecule has 0 saturated heterocycles. The van der Waals surface area contributed by atoms with Gasteiger partial charge in [-0.15, -0.1) is 0 Å². The van der Waals surface area contributed by atoms with Crippen LogP contribution in [-0.4, -0.2) is 25.8 Å². The van der Waals surface area contributed by atoms with Crippen molar-refractivity contribution < 1.29 is 9.32 Å². The summed E-state index contributed by atoms with van der Waals surface area (Å²) in [5.41, 5.74) is 3.99. The van der Waals surface area contributed by atoms with Gasteiger partial charge in [0.15, 0.2) is 0 Å². The molecule has 0 aliphatic heterocycles. The number of fused-ring (bicyclic) bond motifs is 1. The molecule has 140 valence electrons. The fraction of sp³-hybridized carbons (Fsp3) is 0.500. The maximum atomic E-state index is 13.1. The molecule has 5 rings (SSSR count). The molecule has 2 aliphatic rings. The molecule has 0 bridgehead atoms. The second-order valence-corrected chi connectivity index (χ2v) is 7.62. The van der Waals surface area contributed by atoms with Gasteiger partial charge in [-0.3, -0.25) is 9.48 Å². The molecule has 0 spiro atoms. The van der Waals surface area contributed by atoms with Crippen LogP contribution >= 0.6 is 0 Å². The Morgan fingerprint density at radius 1 is 1.30 bits per heavy atom. The minimum absolute atomic E-state index is 0.0985. The number of rotatable bonds is 7. The van der Waals surface area contributed by atoms with Crippen LogP contribution in [0, 0.1) is 0 Å². The Bertz CT molecular complexity index is 997. The number of nitrogens with one attached hydrogen (secondary N) is 1. The summed E-state index contributed by atoms with van der Waals surface area (Å²) in [4.78, 5) is 17.7. The van der Waals surface area contributed by atoms with Crippen molar-refractivity contribution in [3.63, 3.8) is 0 Å². The molecule has 1 amide bonds. The Morgan fingerprint density at radius 3 is 2.85 bits per heavy atom. The summed E-state index contributed by atoms with van der Waals surface area (Å²) in [6.45, 7) is 3.41. The maximum Gasteiger partial charge on any atom is 0.259 e. The molecule has 0 atom stereocenters. The first kappa shape index (κ1) is 16.5. The lowest BCUT2D eigenvalue weighted by atomic mass is 10.1. The number of carbonyl (C=O) groups excluding carboxylic acids is 1. The SMILES string of the molecule is CCCn1nccc1CNC(=O)c1cc(C2CC2)nc2onc(C3CC3)c12. The van der Waals surface area contributed by atoms with Crippen LogP contribution in [0.25, 0.3) is 11.1 Å². The zero-order chi connectivity index (χ0) is 18.4. The summed E-state index contributed by atoms with van der Waals surface area (Å²) >= 11 is 0. The van der Waals surface area contributed by atoms with Crippen molar-refractivity contribution in [1.82, 2.24) is 25.2 Å². The monoisotopic (exact) mass is 365 g/mol. The Balaban J connectivity index is 1.46. The average Bonchev–Trinajstić information content (AvgIpc) is 3.61. The van der Waals surface area contributed by atoms with E-state index in [0.29, 0.717) is 29.7 Å². The van der Waals surface area contributed by atoms with Gasteiger partial charge in [-0.2, -0.15) is 5.10 Å². The molecular weight excluding hydrogens is 342 g/mol. The van der Waals surface area contributed by atoms with E-state index in [1.807, 2.05) is 16.8 Å². The van der Waals surface area contributed by atoms with Gasteiger partial charge in [0.1, 0.15) is 0 Å². The number of pyridine rings is 1. The van der Waals surface area contributed by atoms with Crippen LogP contribution in [0.15, 0.2) is 22.9 Å². The van der Waals surface area contributed by atoms with E-state index in [0.717, 1.165) is 61.1 Å². The van der Waals surface area contributed by atoms with Crippen LogP contribution in [0.5, 0.6) is 0 Å². The predicted molar refractivity (Wildman–Crippen MR) is 99.4 cm³/mol. The molecule has 3 aromatic rings. The molecule has 0 radical (unpaired) electrons. The molecule has 3 heterocycles. The van der Waals surface area contributed by atoms with E-state index in [2.05, 4.69) is 27.5 Å². The summed E-state index contributed by atoms with van der Waals surface area (Å²) in [5, 5.41) is 12.4. The van der Waals surface area contributed by atoms with Gasteiger partial charge in [0, 0.05) is 30.3 Å². The smallest absolute Gasteiger partial charge is 0.259 e. The molecule has 7 heteroatoms. The van der Waals surface area contributed by atoms with E-state index in [1.54, 1.807) is 6.20 Å². The van der Waals surface area contributed by atoms with Crippen LogP contribution in [0.1, 0.15) is 78.3 Å². The van der Waals surface area contributed by atoms with Gasteiger partial charge >= 0.3 is 0 Å². The molecule has 2 saturated carbocycles. The molecule has 7 nitrogen and oxygen atoms in total. The first-order valence-electron chi connectivity index (χ1n) is 9.83. The van der Waals surface area contributed by atoms with Gasteiger partial charge in [-0.05, 0) is 44.2 Å². The normalized spacial score (nSPS) is 16.8. The number of hydrogen-bond acceptors (Lipinski definition) is 5. The number of carbonyl (C=O) groups is 1. The molecule has 1 N–H and O–H groups in total. The quantitative estimate of drug-likeness (QED) is 0.692. The third-order valence-corrected chi connectivity index (χ3v) is 5.37. The summed E-state index contributed by atoms with van der Waals surface area (Å²) in [6.07, 6.45) is 7.23. The van der Waals surface area contributed by atoms with E-state index >= 15 is 0 Å². The molecular formula is C20H23N5O2. The number of aromatic nitrogens is 4. The van der Waals surface area contributed by atoms with Gasteiger partial charge in [0.2, 0.25) is 0 Å². The zero-order valence-corrected chi connectivity index (χ0v) is 15.4. The number of nitrogens with zero attached hydrogens (tertiary/aromatic N) is 4. The fourth-order valence-electron chi connectivity index (χ4n) is 3.58. The Labute approximate surface area is 157 Å². The summed E-state index contributed by atoms with van der Waals surface area (Å²) in [6, 6.07) is 3.89. The zero-order valence-electron chi connectivity index (χ0n) is 15.4. The van der Waals surface area contributed by atoms with Crippen molar-refractivity contribution in [3.05, 3.63) is 41.0 Å². The molecule has 0 aromatic carbocycles. The molecule has 2 aliphatic carbocycles. The van der Waals surface area contributed by atoms with E-state index in [9.17, 15) is 4.79 Å². The van der Waals surface area contributed by atoms with E-state index in [4.69, 9.17) is 4.52 Å². The van der Waals surface area contributed by atoms with Gasteiger partial charge in [-0.1, -0.05) is 12.1 Å².